The Morgan fingerprint density at radius 1 is 1.30 bits per heavy atom. The van der Waals surface area contributed by atoms with Gasteiger partial charge in [-0.2, -0.15) is 5.10 Å². The van der Waals surface area contributed by atoms with Gasteiger partial charge in [0.15, 0.2) is 0 Å². The van der Waals surface area contributed by atoms with Gasteiger partial charge in [0.1, 0.15) is 11.4 Å². The van der Waals surface area contributed by atoms with Gasteiger partial charge in [-0.3, -0.25) is 10.4 Å². The summed E-state index contributed by atoms with van der Waals surface area (Å²) in [6, 6.07) is 3.99. The van der Waals surface area contributed by atoms with E-state index in [4.69, 9.17) is 0 Å². The number of rotatable bonds is 1. The number of allylic oxidation sites excluding steroid dienone is 4. The third kappa shape index (κ3) is 2.64. The molecule has 0 bridgehead atoms. The van der Waals surface area contributed by atoms with Crippen LogP contribution in [0.25, 0.3) is 5.70 Å². The van der Waals surface area contributed by atoms with E-state index in [1.165, 1.54) is 0 Å². The van der Waals surface area contributed by atoms with E-state index in [9.17, 15) is 0 Å². The maximum Gasteiger partial charge on any atom is 0.133 e. The van der Waals surface area contributed by atoms with Crippen molar-refractivity contribution in [3.63, 3.8) is 0 Å². The highest BCUT2D eigenvalue weighted by atomic mass is 15.3. The highest BCUT2D eigenvalue weighted by molar-refractivity contribution is 6.14. The first-order chi connectivity index (χ1) is 9.90. The summed E-state index contributed by atoms with van der Waals surface area (Å²) in [6.07, 6.45) is 9.91. The molecule has 4 nitrogen and oxygen atoms in total. The maximum atomic E-state index is 4.46. The lowest BCUT2D eigenvalue weighted by atomic mass is 10.0. The number of nitrogens with zero attached hydrogens (tertiary/aromatic N) is 2. The van der Waals surface area contributed by atoms with Crippen molar-refractivity contribution >= 4 is 11.4 Å². The summed E-state index contributed by atoms with van der Waals surface area (Å²) in [5, 5.41) is 7.72. The number of hydrazone groups is 1. The number of pyridine rings is 1. The van der Waals surface area contributed by atoms with Crippen molar-refractivity contribution in [1.82, 2.24) is 15.7 Å². The number of hydrogen-bond donors (Lipinski definition) is 2. The first-order valence-corrected chi connectivity index (χ1v) is 6.97. The van der Waals surface area contributed by atoms with Gasteiger partial charge in [0.2, 0.25) is 0 Å². The molecule has 0 aliphatic carbocycles. The van der Waals surface area contributed by atoms with Crippen LogP contribution < -0.4 is 10.7 Å². The molecule has 4 heteroatoms. The van der Waals surface area contributed by atoms with Gasteiger partial charge in [0, 0.05) is 18.3 Å². The Hall–Kier alpha value is -2.36. The smallest absolute Gasteiger partial charge is 0.133 e. The first kappa shape index (κ1) is 14.1. The topological polar surface area (TPSA) is 49.3 Å². The van der Waals surface area contributed by atoms with Crippen LogP contribution in [-0.2, 0) is 0 Å². The minimum atomic E-state index is 0.823. The number of aromatic nitrogens is 1. The van der Waals surface area contributed by atoms with E-state index < -0.39 is 0 Å². The number of nitrogens with one attached hydrogen (secondary N) is 2. The van der Waals surface area contributed by atoms with Gasteiger partial charge in [-0.25, -0.2) is 0 Å². The predicted octanol–water partition coefficient (Wildman–Crippen LogP) is 2.82. The number of fused-ring (bicyclic) bond motifs is 1. The Balaban J connectivity index is 0.000000704. The number of hydrogen-bond acceptors (Lipinski definition) is 4. The Labute approximate surface area is 120 Å². The summed E-state index contributed by atoms with van der Waals surface area (Å²) in [5.74, 6) is 0. The van der Waals surface area contributed by atoms with Crippen LogP contribution in [0, 0.1) is 0 Å². The van der Waals surface area contributed by atoms with Crippen molar-refractivity contribution in [2.75, 3.05) is 6.54 Å². The summed E-state index contributed by atoms with van der Waals surface area (Å²) in [5.41, 5.74) is 7.93. The normalized spacial score (nSPS) is 17.9. The standard InChI is InChI=1S/C14H14N4.C2H6/c1-2-11-10-6-5-9-16-13(10)14(18-17-11)12-7-3-4-8-15-12;1-2/h2-7,9,15,17H,8H2,1H3;1-2H3. The molecule has 104 valence electrons. The van der Waals surface area contributed by atoms with Crippen LogP contribution in [0.3, 0.4) is 0 Å². The first-order valence-electron chi connectivity index (χ1n) is 6.97. The highest BCUT2D eigenvalue weighted by Crippen LogP contribution is 2.22. The number of dihydropyridines is 1. The quantitative estimate of drug-likeness (QED) is 0.823. The molecule has 20 heavy (non-hydrogen) atoms. The van der Waals surface area contributed by atoms with Gasteiger partial charge in [-0.1, -0.05) is 32.1 Å². The van der Waals surface area contributed by atoms with Crippen LogP contribution in [0.5, 0.6) is 0 Å². The minimum Gasteiger partial charge on any atom is -0.380 e. The largest absolute Gasteiger partial charge is 0.380 e. The van der Waals surface area contributed by atoms with Gasteiger partial charge in [0.05, 0.1) is 11.4 Å². The fraction of sp³-hybridized carbons (Fsp3) is 0.250. The Morgan fingerprint density at radius 2 is 2.15 bits per heavy atom. The van der Waals surface area contributed by atoms with E-state index >= 15 is 0 Å². The van der Waals surface area contributed by atoms with Gasteiger partial charge in [-0.15, -0.1) is 0 Å². The van der Waals surface area contributed by atoms with Gasteiger partial charge in [-0.05, 0) is 25.1 Å². The molecule has 0 fully saturated rings. The maximum absolute atomic E-state index is 4.46. The molecule has 2 N–H and O–H groups in total. The van der Waals surface area contributed by atoms with E-state index in [0.29, 0.717) is 0 Å². The van der Waals surface area contributed by atoms with Crippen molar-refractivity contribution in [3.8, 4) is 0 Å². The van der Waals surface area contributed by atoms with E-state index in [0.717, 1.165) is 34.9 Å². The molecule has 0 aromatic carbocycles. The van der Waals surface area contributed by atoms with E-state index in [1.54, 1.807) is 6.20 Å². The second kappa shape index (κ2) is 6.70. The van der Waals surface area contributed by atoms with Crippen LogP contribution in [0.1, 0.15) is 32.0 Å². The molecule has 0 spiro atoms. The molecule has 0 unspecified atom stereocenters. The molecule has 1 aromatic rings. The van der Waals surface area contributed by atoms with Gasteiger partial charge < -0.3 is 5.32 Å². The second-order valence-corrected chi connectivity index (χ2v) is 4.06. The lowest BCUT2D eigenvalue weighted by Gasteiger charge is -2.21. The molecular weight excluding hydrogens is 248 g/mol. The Kier molecular flexibility index (Phi) is 4.71. The summed E-state index contributed by atoms with van der Waals surface area (Å²) >= 11 is 0. The van der Waals surface area contributed by atoms with Gasteiger partial charge in [0.25, 0.3) is 0 Å². The molecular formula is C16H20N4. The molecule has 2 aliphatic heterocycles. The molecule has 0 atom stereocenters. The third-order valence-corrected chi connectivity index (χ3v) is 2.96. The van der Waals surface area contributed by atoms with E-state index in [2.05, 4.69) is 33.0 Å². The van der Waals surface area contributed by atoms with Crippen LogP contribution in [0.4, 0.5) is 0 Å². The molecule has 0 saturated carbocycles. The fourth-order valence-electron chi connectivity index (χ4n) is 2.07. The third-order valence-electron chi connectivity index (χ3n) is 2.96. The Bertz CT molecular complexity index is 594. The van der Waals surface area contributed by atoms with Crippen molar-refractivity contribution in [2.24, 2.45) is 5.10 Å². The van der Waals surface area contributed by atoms with Gasteiger partial charge >= 0.3 is 0 Å². The van der Waals surface area contributed by atoms with Crippen LogP contribution >= 0.6 is 0 Å². The van der Waals surface area contributed by atoms with Crippen LogP contribution in [0.15, 0.2) is 53.4 Å². The van der Waals surface area contributed by atoms with E-state index in [1.807, 2.05) is 45.1 Å². The molecule has 3 heterocycles. The lowest BCUT2D eigenvalue weighted by Crippen LogP contribution is -2.29. The highest BCUT2D eigenvalue weighted by Gasteiger charge is 2.21. The summed E-state index contributed by atoms with van der Waals surface area (Å²) in [4.78, 5) is 4.46. The predicted molar refractivity (Wildman–Crippen MR) is 84.1 cm³/mol. The molecule has 1 aromatic heterocycles. The summed E-state index contributed by atoms with van der Waals surface area (Å²) in [6.45, 7) is 6.81. The van der Waals surface area contributed by atoms with Crippen molar-refractivity contribution < 1.29 is 0 Å². The lowest BCUT2D eigenvalue weighted by molar-refractivity contribution is 0.904. The molecule has 3 rings (SSSR count). The molecule has 0 saturated heterocycles. The zero-order valence-electron chi connectivity index (χ0n) is 12.1. The summed E-state index contributed by atoms with van der Waals surface area (Å²) in [7, 11) is 0. The van der Waals surface area contributed by atoms with Crippen molar-refractivity contribution in [2.45, 2.75) is 20.8 Å². The van der Waals surface area contributed by atoms with Crippen molar-refractivity contribution in [1.29, 1.82) is 0 Å². The fourth-order valence-corrected chi connectivity index (χ4v) is 2.07. The molecule has 0 radical (unpaired) electrons. The average molecular weight is 268 g/mol. The zero-order chi connectivity index (χ0) is 14.4. The van der Waals surface area contributed by atoms with Crippen LogP contribution in [0.2, 0.25) is 0 Å². The Morgan fingerprint density at radius 3 is 2.85 bits per heavy atom. The molecule has 0 amide bonds. The minimum absolute atomic E-state index is 0.823. The monoisotopic (exact) mass is 268 g/mol. The summed E-state index contributed by atoms with van der Waals surface area (Å²) < 4.78 is 0. The van der Waals surface area contributed by atoms with E-state index in [-0.39, 0.29) is 0 Å². The average Bonchev–Trinajstić information content (AvgIpc) is 2.56. The van der Waals surface area contributed by atoms with Crippen molar-refractivity contribution in [3.05, 3.63) is 59.6 Å². The second-order valence-electron chi connectivity index (χ2n) is 4.06. The SMILES string of the molecule is CC.CC=C1NN=C(C2=CC=CCN2)c2ncccc21. The van der Waals surface area contributed by atoms with Crippen LogP contribution in [-0.4, -0.2) is 17.2 Å². The molecule has 2 aliphatic rings. The zero-order valence-corrected chi connectivity index (χ0v) is 12.1.